The summed E-state index contributed by atoms with van der Waals surface area (Å²) in [6.07, 6.45) is -0.944. The van der Waals surface area contributed by atoms with Crippen molar-refractivity contribution in [2.45, 2.75) is 52.8 Å². The van der Waals surface area contributed by atoms with Crippen molar-refractivity contribution in [2.75, 3.05) is 11.4 Å². The Morgan fingerprint density at radius 3 is 2.55 bits per heavy atom. The van der Waals surface area contributed by atoms with Gasteiger partial charge >= 0.3 is 6.18 Å². The highest BCUT2D eigenvalue weighted by atomic mass is 19.4. The molecule has 0 bridgehead atoms. The molecule has 2 heterocycles. The molecule has 5 heteroatoms. The molecule has 0 saturated heterocycles. The largest absolute Gasteiger partial charge is 0.404 e. The summed E-state index contributed by atoms with van der Waals surface area (Å²) in [6, 6.07) is 2.27. The number of hydrogen-bond acceptors (Lipinski definition) is 2. The minimum absolute atomic E-state index is 0.342. The van der Waals surface area contributed by atoms with E-state index in [-0.39, 0.29) is 0 Å². The molecule has 1 aliphatic rings. The Hall–Kier alpha value is -1.70. The zero-order valence-corrected chi connectivity index (χ0v) is 13.4. The van der Waals surface area contributed by atoms with Gasteiger partial charge in [0.2, 0.25) is 0 Å². The summed E-state index contributed by atoms with van der Waals surface area (Å²) in [5.41, 5.74) is 0.447. The molecule has 0 fully saturated rings. The average Bonchev–Trinajstić information content (AvgIpc) is 2.43. The number of aromatic nitrogens is 1. The number of halogens is 3. The summed E-state index contributed by atoms with van der Waals surface area (Å²) in [5.74, 6) is 5.02. The first-order valence-electron chi connectivity index (χ1n) is 7.48. The molecule has 1 aromatic heterocycles. The molecule has 0 radical (unpaired) electrons. The molecule has 2 nitrogen and oxygen atoms in total. The molecular formula is C17H21F3N2. The second-order valence-corrected chi connectivity index (χ2v) is 6.42. The van der Waals surface area contributed by atoms with Gasteiger partial charge in [-0.3, -0.25) is 0 Å². The van der Waals surface area contributed by atoms with Crippen molar-refractivity contribution in [3.63, 3.8) is 0 Å². The van der Waals surface area contributed by atoms with Gasteiger partial charge in [-0.2, -0.15) is 13.2 Å². The zero-order valence-electron chi connectivity index (χ0n) is 13.4. The van der Waals surface area contributed by atoms with Crippen LogP contribution in [0.1, 0.15) is 45.4 Å². The van der Waals surface area contributed by atoms with Crippen LogP contribution in [0.4, 0.5) is 18.9 Å². The standard InChI is InChI=1S/C17H21F3N2/c1-12(2)22-11-5-6-13-14(21-10-8-15(13)22)7-9-16(3,4)17(18,19)20/h8,10,12H,5-6,11H2,1-4H3. The lowest BCUT2D eigenvalue weighted by molar-refractivity contribution is -0.190. The number of hydrogen-bond donors (Lipinski definition) is 0. The number of fused-ring (bicyclic) bond motifs is 1. The fourth-order valence-corrected chi connectivity index (χ4v) is 2.47. The van der Waals surface area contributed by atoms with E-state index in [1.807, 2.05) is 6.07 Å². The van der Waals surface area contributed by atoms with Crippen molar-refractivity contribution in [3.05, 3.63) is 23.5 Å². The van der Waals surface area contributed by atoms with Gasteiger partial charge in [0, 0.05) is 30.0 Å². The van der Waals surface area contributed by atoms with Crippen LogP contribution in [0.15, 0.2) is 12.3 Å². The molecule has 1 aliphatic heterocycles. The Balaban J connectivity index is 2.42. The molecule has 120 valence electrons. The number of alkyl halides is 3. The molecule has 0 aromatic carbocycles. The van der Waals surface area contributed by atoms with Crippen LogP contribution in [0.25, 0.3) is 0 Å². The molecular weight excluding hydrogens is 289 g/mol. The lowest BCUT2D eigenvalue weighted by Crippen LogP contribution is -2.35. The minimum atomic E-state index is -4.35. The maximum absolute atomic E-state index is 12.9. The van der Waals surface area contributed by atoms with Crippen LogP contribution in [-0.2, 0) is 6.42 Å². The van der Waals surface area contributed by atoms with Gasteiger partial charge in [-0.05, 0) is 52.5 Å². The van der Waals surface area contributed by atoms with Crippen molar-refractivity contribution in [1.82, 2.24) is 4.98 Å². The van der Waals surface area contributed by atoms with E-state index in [0.717, 1.165) is 44.5 Å². The third-order valence-corrected chi connectivity index (χ3v) is 3.99. The molecule has 0 atom stereocenters. The smallest absolute Gasteiger partial charge is 0.369 e. The summed E-state index contributed by atoms with van der Waals surface area (Å²) in [5, 5.41) is 0. The maximum atomic E-state index is 12.9. The quantitative estimate of drug-likeness (QED) is 0.723. The lowest BCUT2D eigenvalue weighted by atomic mass is 9.92. The van der Waals surface area contributed by atoms with Crippen molar-refractivity contribution >= 4 is 5.69 Å². The van der Waals surface area contributed by atoms with E-state index >= 15 is 0 Å². The number of rotatable bonds is 1. The van der Waals surface area contributed by atoms with Crippen LogP contribution in [-0.4, -0.2) is 23.7 Å². The number of anilines is 1. The molecule has 0 unspecified atom stereocenters. The topological polar surface area (TPSA) is 16.1 Å². The highest BCUT2D eigenvalue weighted by Gasteiger charge is 2.46. The van der Waals surface area contributed by atoms with Crippen molar-refractivity contribution < 1.29 is 13.2 Å². The predicted molar refractivity (Wildman–Crippen MR) is 81.8 cm³/mol. The predicted octanol–water partition coefficient (Wildman–Crippen LogP) is 4.18. The number of pyridine rings is 1. The van der Waals surface area contributed by atoms with E-state index < -0.39 is 11.6 Å². The van der Waals surface area contributed by atoms with E-state index in [4.69, 9.17) is 0 Å². The third-order valence-electron chi connectivity index (χ3n) is 3.99. The summed E-state index contributed by atoms with van der Waals surface area (Å²) >= 11 is 0. The van der Waals surface area contributed by atoms with Crippen LogP contribution in [0.5, 0.6) is 0 Å². The molecule has 0 amide bonds. The summed E-state index contributed by atoms with van der Waals surface area (Å²) in [7, 11) is 0. The first-order chi connectivity index (χ1) is 10.1. The fraction of sp³-hybridized carbons (Fsp3) is 0.588. The first kappa shape index (κ1) is 16.7. The van der Waals surface area contributed by atoms with Crippen LogP contribution in [0.3, 0.4) is 0 Å². The monoisotopic (exact) mass is 310 g/mol. The highest BCUT2D eigenvalue weighted by Crippen LogP contribution is 2.37. The number of nitrogens with zero attached hydrogens (tertiary/aromatic N) is 2. The van der Waals surface area contributed by atoms with Crippen molar-refractivity contribution in [3.8, 4) is 11.8 Å². The molecule has 0 saturated carbocycles. The molecule has 1 aromatic rings. The summed E-state index contributed by atoms with van der Waals surface area (Å²) < 4.78 is 38.7. The van der Waals surface area contributed by atoms with Gasteiger partial charge in [-0.25, -0.2) is 4.98 Å². The molecule has 0 aliphatic carbocycles. The first-order valence-corrected chi connectivity index (χ1v) is 7.48. The maximum Gasteiger partial charge on any atom is 0.404 e. The van der Waals surface area contributed by atoms with Crippen LogP contribution < -0.4 is 4.90 Å². The van der Waals surface area contributed by atoms with E-state index in [9.17, 15) is 13.2 Å². The molecule has 0 spiro atoms. The van der Waals surface area contributed by atoms with Crippen LogP contribution in [0, 0.1) is 17.3 Å². The summed E-state index contributed by atoms with van der Waals surface area (Å²) in [6.45, 7) is 7.35. The van der Waals surface area contributed by atoms with E-state index in [1.54, 1.807) is 6.20 Å². The van der Waals surface area contributed by atoms with Crippen LogP contribution >= 0.6 is 0 Å². The lowest BCUT2D eigenvalue weighted by Gasteiger charge is -2.34. The van der Waals surface area contributed by atoms with E-state index in [2.05, 4.69) is 35.6 Å². The minimum Gasteiger partial charge on any atom is -0.369 e. The summed E-state index contributed by atoms with van der Waals surface area (Å²) in [4.78, 5) is 6.45. The van der Waals surface area contributed by atoms with Gasteiger partial charge in [-0.1, -0.05) is 5.92 Å². The molecule has 2 rings (SSSR count). The Kier molecular flexibility index (Phi) is 4.42. The zero-order chi connectivity index (χ0) is 16.5. The van der Waals surface area contributed by atoms with Gasteiger partial charge in [0.1, 0.15) is 11.1 Å². The Labute approximate surface area is 129 Å². The molecule has 0 N–H and O–H groups in total. The van der Waals surface area contributed by atoms with Gasteiger partial charge in [0.25, 0.3) is 0 Å². The SMILES string of the molecule is CC(C)N1CCCc2c1ccnc2C#CC(C)(C)C(F)(F)F. The Bertz CT molecular complexity index is 607. The van der Waals surface area contributed by atoms with Gasteiger partial charge in [0.15, 0.2) is 0 Å². The second-order valence-electron chi connectivity index (χ2n) is 6.42. The van der Waals surface area contributed by atoms with Gasteiger partial charge in [-0.15, -0.1) is 0 Å². The fourth-order valence-electron chi connectivity index (χ4n) is 2.47. The average molecular weight is 310 g/mol. The van der Waals surface area contributed by atoms with Crippen molar-refractivity contribution in [1.29, 1.82) is 0 Å². The van der Waals surface area contributed by atoms with Gasteiger partial charge < -0.3 is 4.90 Å². The highest BCUT2D eigenvalue weighted by molar-refractivity contribution is 5.60. The second kappa shape index (κ2) is 5.83. The van der Waals surface area contributed by atoms with Gasteiger partial charge in [0.05, 0.1) is 0 Å². The van der Waals surface area contributed by atoms with Crippen LogP contribution in [0.2, 0.25) is 0 Å². The Morgan fingerprint density at radius 1 is 1.27 bits per heavy atom. The molecule has 22 heavy (non-hydrogen) atoms. The van der Waals surface area contributed by atoms with E-state index in [0.29, 0.717) is 11.7 Å². The van der Waals surface area contributed by atoms with E-state index in [1.165, 1.54) is 0 Å². The van der Waals surface area contributed by atoms with Crippen molar-refractivity contribution in [2.24, 2.45) is 5.41 Å². The normalized spacial score (nSPS) is 15.4. The Morgan fingerprint density at radius 2 is 1.95 bits per heavy atom. The third kappa shape index (κ3) is 3.21.